The Bertz CT molecular complexity index is 235. The third-order valence-electron chi connectivity index (χ3n) is 3.40. The number of halogens is 1. The minimum Gasteiger partial charge on any atom is -0.394 e. The van der Waals surface area contributed by atoms with Crippen LogP contribution >= 0.6 is 22.6 Å². The molecule has 3 nitrogen and oxygen atoms in total. The first kappa shape index (κ1) is 11.1. The molecule has 82 valence electrons. The van der Waals surface area contributed by atoms with E-state index in [1.807, 2.05) is 0 Å². The Labute approximate surface area is 98.3 Å². The Kier molecular flexibility index (Phi) is 2.83. The van der Waals surface area contributed by atoms with Crippen LogP contribution in [0, 0.1) is 0 Å². The summed E-state index contributed by atoms with van der Waals surface area (Å²) in [4.78, 5) is 0. The molecule has 2 aliphatic heterocycles. The second-order valence-electron chi connectivity index (χ2n) is 4.69. The molecule has 2 aliphatic rings. The number of alkyl halides is 1. The molecule has 2 rings (SSSR count). The van der Waals surface area contributed by atoms with Crippen LogP contribution in [0.15, 0.2) is 0 Å². The maximum absolute atomic E-state index is 8.91. The van der Waals surface area contributed by atoms with E-state index in [9.17, 15) is 0 Å². The molecule has 0 amide bonds. The van der Waals surface area contributed by atoms with E-state index < -0.39 is 0 Å². The van der Waals surface area contributed by atoms with Crippen LogP contribution in [-0.2, 0) is 9.47 Å². The largest absolute Gasteiger partial charge is 0.394 e. The van der Waals surface area contributed by atoms with Gasteiger partial charge in [-0.25, -0.2) is 0 Å². The van der Waals surface area contributed by atoms with Crippen molar-refractivity contribution >= 4 is 22.6 Å². The summed E-state index contributed by atoms with van der Waals surface area (Å²) in [7, 11) is 0. The second kappa shape index (κ2) is 3.57. The van der Waals surface area contributed by atoms with E-state index in [0.717, 1.165) is 17.3 Å². The molecule has 0 aromatic heterocycles. The molecule has 4 atom stereocenters. The first-order valence-electron chi connectivity index (χ1n) is 5.06. The smallest absolute Gasteiger partial charge is 0.110 e. The molecular weight excluding hydrogens is 295 g/mol. The molecule has 4 heteroatoms. The lowest BCUT2D eigenvalue weighted by Gasteiger charge is -2.04. The van der Waals surface area contributed by atoms with E-state index in [2.05, 4.69) is 36.4 Å². The van der Waals surface area contributed by atoms with Crippen molar-refractivity contribution in [3.05, 3.63) is 0 Å². The molecule has 0 unspecified atom stereocenters. The summed E-state index contributed by atoms with van der Waals surface area (Å²) in [5, 5.41) is 8.91. The molecule has 0 radical (unpaired) electrons. The second-order valence-corrected chi connectivity index (χ2v) is 5.46. The summed E-state index contributed by atoms with van der Waals surface area (Å²) in [5.41, 5.74) is 0.0351. The van der Waals surface area contributed by atoms with Crippen molar-refractivity contribution in [3.63, 3.8) is 0 Å². The molecule has 2 heterocycles. The van der Waals surface area contributed by atoms with Crippen LogP contribution in [0.1, 0.15) is 26.7 Å². The van der Waals surface area contributed by atoms with Gasteiger partial charge in [-0.1, -0.05) is 22.6 Å². The van der Waals surface area contributed by atoms with Gasteiger partial charge in [-0.2, -0.15) is 0 Å². The molecule has 2 fully saturated rings. The standard InChI is InChI=1S/C10H17IO3/c1-9(8(5-12)14-9)4-3-7-10(2,6-11)13-7/h7-8,12H,3-6H2,1-2H3/t7-,8-,9+,10-/m1/s1. The van der Waals surface area contributed by atoms with Gasteiger partial charge < -0.3 is 14.6 Å². The van der Waals surface area contributed by atoms with Gasteiger partial charge in [-0.3, -0.25) is 0 Å². The van der Waals surface area contributed by atoms with Crippen molar-refractivity contribution in [3.8, 4) is 0 Å². The first-order chi connectivity index (χ1) is 6.54. The molecule has 2 saturated heterocycles. The molecule has 0 saturated carbocycles. The number of hydrogen-bond acceptors (Lipinski definition) is 3. The van der Waals surface area contributed by atoms with E-state index in [-0.39, 0.29) is 23.9 Å². The van der Waals surface area contributed by atoms with E-state index >= 15 is 0 Å². The molecule has 0 aromatic rings. The third kappa shape index (κ3) is 1.94. The lowest BCUT2D eigenvalue weighted by Crippen LogP contribution is -2.16. The maximum atomic E-state index is 8.91. The average molecular weight is 312 g/mol. The highest BCUT2D eigenvalue weighted by Crippen LogP contribution is 2.46. The average Bonchev–Trinajstić information content (AvgIpc) is 3.02. The Hall–Kier alpha value is 0.610. The highest BCUT2D eigenvalue weighted by molar-refractivity contribution is 14.1. The van der Waals surface area contributed by atoms with Crippen LogP contribution in [0.5, 0.6) is 0 Å². The number of ether oxygens (including phenoxy) is 2. The van der Waals surface area contributed by atoms with Crippen molar-refractivity contribution < 1.29 is 14.6 Å². The monoisotopic (exact) mass is 312 g/mol. The van der Waals surface area contributed by atoms with Gasteiger partial charge in [0.2, 0.25) is 0 Å². The van der Waals surface area contributed by atoms with Crippen molar-refractivity contribution in [2.45, 2.75) is 50.1 Å². The van der Waals surface area contributed by atoms with Crippen molar-refractivity contribution in [1.29, 1.82) is 0 Å². The number of aliphatic hydroxyl groups excluding tert-OH is 1. The molecule has 0 aliphatic carbocycles. The highest BCUT2D eigenvalue weighted by Gasteiger charge is 2.56. The maximum Gasteiger partial charge on any atom is 0.110 e. The molecule has 0 spiro atoms. The molecule has 1 N–H and O–H groups in total. The summed E-state index contributed by atoms with van der Waals surface area (Å²) in [6, 6.07) is 0. The van der Waals surface area contributed by atoms with Crippen LogP contribution in [0.2, 0.25) is 0 Å². The van der Waals surface area contributed by atoms with Gasteiger partial charge in [-0.15, -0.1) is 0 Å². The van der Waals surface area contributed by atoms with Gasteiger partial charge in [0.25, 0.3) is 0 Å². The molecule has 0 bridgehead atoms. The summed E-state index contributed by atoms with van der Waals surface area (Å²) in [6.45, 7) is 4.37. The normalized spacial score (nSPS) is 50.6. The number of epoxide rings is 2. The van der Waals surface area contributed by atoms with Crippen molar-refractivity contribution in [1.82, 2.24) is 0 Å². The van der Waals surface area contributed by atoms with Crippen LogP contribution in [0.25, 0.3) is 0 Å². The quantitative estimate of drug-likeness (QED) is 0.475. The number of rotatable bonds is 5. The van der Waals surface area contributed by atoms with Gasteiger partial charge in [-0.05, 0) is 26.7 Å². The fourth-order valence-electron chi connectivity index (χ4n) is 1.93. The Balaban J connectivity index is 1.70. The zero-order valence-corrected chi connectivity index (χ0v) is 10.8. The summed E-state index contributed by atoms with van der Waals surface area (Å²) < 4.78 is 12.1. The highest BCUT2D eigenvalue weighted by atomic mass is 127. The molecular formula is C10H17IO3. The summed E-state index contributed by atoms with van der Waals surface area (Å²) in [6.07, 6.45) is 2.51. The zero-order chi connectivity index (χ0) is 10.4. The van der Waals surface area contributed by atoms with Gasteiger partial charge in [0.15, 0.2) is 0 Å². The Morgan fingerprint density at radius 1 is 1.21 bits per heavy atom. The minimum atomic E-state index is -0.0765. The van der Waals surface area contributed by atoms with E-state index in [1.165, 1.54) is 0 Å². The van der Waals surface area contributed by atoms with Gasteiger partial charge >= 0.3 is 0 Å². The van der Waals surface area contributed by atoms with E-state index in [4.69, 9.17) is 14.6 Å². The molecule has 14 heavy (non-hydrogen) atoms. The summed E-state index contributed by atoms with van der Waals surface area (Å²) in [5.74, 6) is 0. The lowest BCUT2D eigenvalue weighted by atomic mass is 9.97. The zero-order valence-electron chi connectivity index (χ0n) is 8.62. The Morgan fingerprint density at radius 2 is 1.86 bits per heavy atom. The number of aliphatic hydroxyl groups is 1. The van der Waals surface area contributed by atoms with Gasteiger partial charge in [0.05, 0.1) is 18.3 Å². The fourth-order valence-corrected chi connectivity index (χ4v) is 2.60. The van der Waals surface area contributed by atoms with E-state index in [0.29, 0.717) is 6.10 Å². The lowest BCUT2D eigenvalue weighted by molar-refractivity contribution is 0.233. The summed E-state index contributed by atoms with van der Waals surface area (Å²) >= 11 is 2.36. The van der Waals surface area contributed by atoms with Crippen molar-refractivity contribution in [2.75, 3.05) is 11.0 Å². The van der Waals surface area contributed by atoms with Gasteiger partial charge in [0, 0.05) is 4.43 Å². The molecule has 0 aromatic carbocycles. The predicted molar refractivity (Wildman–Crippen MR) is 61.8 cm³/mol. The van der Waals surface area contributed by atoms with Crippen LogP contribution in [0.4, 0.5) is 0 Å². The number of hydrogen-bond donors (Lipinski definition) is 1. The van der Waals surface area contributed by atoms with Crippen molar-refractivity contribution in [2.24, 2.45) is 0 Å². The van der Waals surface area contributed by atoms with E-state index in [1.54, 1.807) is 0 Å². The predicted octanol–water partition coefficient (Wildman–Crippen LogP) is 1.51. The Morgan fingerprint density at radius 3 is 2.29 bits per heavy atom. The fraction of sp³-hybridized carbons (Fsp3) is 1.00. The topological polar surface area (TPSA) is 45.3 Å². The SMILES string of the molecule is C[C@]1(CI)O[C@@H]1CC[C@]1(C)O[C@@H]1CO. The van der Waals surface area contributed by atoms with Crippen LogP contribution in [0.3, 0.4) is 0 Å². The minimum absolute atomic E-state index is 0.0621. The third-order valence-corrected chi connectivity index (χ3v) is 4.92. The van der Waals surface area contributed by atoms with Gasteiger partial charge in [0.1, 0.15) is 11.7 Å². The van der Waals surface area contributed by atoms with Crippen LogP contribution < -0.4 is 0 Å². The first-order valence-corrected chi connectivity index (χ1v) is 6.59. The van der Waals surface area contributed by atoms with Crippen LogP contribution in [-0.4, -0.2) is 39.6 Å².